The van der Waals surface area contributed by atoms with E-state index >= 15 is 0 Å². The zero-order valence-electron chi connectivity index (χ0n) is 9.94. The maximum atomic E-state index is 5.68. The van der Waals surface area contributed by atoms with Gasteiger partial charge in [0, 0.05) is 10.2 Å². The molecule has 0 aromatic rings. The molecule has 1 N–H and O–H groups in total. The SMILES string of the molecule is C=C(CNCCC[SiH3])OC(CC)CC. The van der Waals surface area contributed by atoms with Gasteiger partial charge in [-0.3, -0.25) is 0 Å². The fraction of sp³-hybridized carbons (Fsp3) is 0.818. The molecule has 3 heteroatoms. The quantitative estimate of drug-likeness (QED) is 0.357. The van der Waals surface area contributed by atoms with Gasteiger partial charge in [-0.05, 0) is 25.8 Å². The summed E-state index contributed by atoms with van der Waals surface area (Å²) >= 11 is 0. The predicted molar refractivity (Wildman–Crippen MR) is 66.8 cm³/mol. The van der Waals surface area contributed by atoms with Gasteiger partial charge in [0.15, 0.2) is 0 Å². The molecule has 0 fully saturated rings. The summed E-state index contributed by atoms with van der Waals surface area (Å²) in [5.74, 6) is 0.882. The summed E-state index contributed by atoms with van der Waals surface area (Å²) in [6.45, 7) is 10.1. The minimum atomic E-state index is 0.350. The van der Waals surface area contributed by atoms with Crippen LogP contribution in [0.15, 0.2) is 12.3 Å². The zero-order chi connectivity index (χ0) is 10.8. The molecule has 0 heterocycles. The molecule has 14 heavy (non-hydrogen) atoms. The van der Waals surface area contributed by atoms with Crippen LogP contribution in [0.25, 0.3) is 0 Å². The van der Waals surface area contributed by atoms with Gasteiger partial charge in [-0.2, -0.15) is 0 Å². The maximum absolute atomic E-state index is 5.68. The molecule has 0 bridgehead atoms. The van der Waals surface area contributed by atoms with E-state index in [0.717, 1.165) is 31.7 Å². The lowest BCUT2D eigenvalue weighted by Crippen LogP contribution is -2.21. The summed E-state index contributed by atoms with van der Waals surface area (Å²) in [7, 11) is 1.31. The molecule has 0 saturated heterocycles. The first-order chi connectivity index (χ1) is 6.74. The Morgan fingerprint density at radius 3 is 2.57 bits per heavy atom. The Kier molecular flexibility index (Phi) is 9.09. The molecular weight excluding hydrogens is 190 g/mol. The van der Waals surface area contributed by atoms with Crippen LogP contribution in [0, 0.1) is 0 Å². The van der Waals surface area contributed by atoms with Gasteiger partial charge in [0.25, 0.3) is 0 Å². The third-order valence-electron chi connectivity index (χ3n) is 2.27. The van der Waals surface area contributed by atoms with E-state index < -0.39 is 0 Å². The van der Waals surface area contributed by atoms with Crippen molar-refractivity contribution in [1.82, 2.24) is 5.32 Å². The third kappa shape index (κ3) is 7.15. The molecule has 0 amide bonds. The zero-order valence-corrected chi connectivity index (χ0v) is 11.9. The second kappa shape index (κ2) is 9.28. The molecule has 0 rings (SSSR count). The summed E-state index contributed by atoms with van der Waals surface area (Å²) < 4.78 is 5.68. The van der Waals surface area contributed by atoms with Gasteiger partial charge in [0.05, 0.1) is 12.6 Å². The largest absolute Gasteiger partial charge is 0.494 e. The first-order valence-electron chi connectivity index (χ1n) is 5.79. The fourth-order valence-electron chi connectivity index (χ4n) is 1.26. The summed E-state index contributed by atoms with van der Waals surface area (Å²) in [4.78, 5) is 0. The van der Waals surface area contributed by atoms with Crippen molar-refractivity contribution in [3.05, 3.63) is 12.3 Å². The molecule has 0 aliphatic heterocycles. The van der Waals surface area contributed by atoms with E-state index in [9.17, 15) is 0 Å². The van der Waals surface area contributed by atoms with E-state index in [0.29, 0.717) is 6.10 Å². The minimum absolute atomic E-state index is 0.350. The molecule has 0 aromatic heterocycles. The van der Waals surface area contributed by atoms with Gasteiger partial charge in [-0.25, -0.2) is 0 Å². The highest BCUT2D eigenvalue weighted by atomic mass is 28.1. The van der Waals surface area contributed by atoms with Crippen molar-refractivity contribution in [3.63, 3.8) is 0 Å². The summed E-state index contributed by atoms with van der Waals surface area (Å²) in [6, 6.07) is 1.37. The van der Waals surface area contributed by atoms with Crippen LogP contribution >= 0.6 is 0 Å². The number of hydrogen-bond donors (Lipinski definition) is 1. The van der Waals surface area contributed by atoms with Gasteiger partial charge in [-0.1, -0.05) is 26.5 Å². The standard InChI is InChI=1S/C11H25NOSi/c1-4-11(5-2)13-10(3)9-12-7-6-8-14/h11-12H,3-9H2,1-2,14H3. The van der Waals surface area contributed by atoms with Gasteiger partial charge >= 0.3 is 0 Å². The van der Waals surface area contributed by atoms with Crippen LogP contribution in [0.3, 0.4) is 0 Å². The monoisotopic (exact) mass is 215 g/mol. The lowest BCUT2D eigenvalue weighted by Gasteiger charge is -2.17. The number of hydrogen-bond acceptors (Lipinski definition) is 2. The lowest BCUT2D eigenvalue weighted by molar-refractivity contribution is 0.106. The van der Waals surface area contributed by atoms with Crippen LogP contribution < -0.4 is 5.32 Å². The maximum Gasteiger partial charge on any atom is 0.103 e. The second-order valence-corrected chi connectivity index (χ2v) is 4.63. The Labute approximate surface area is 91.5 Å². The van der Waals surface area contributed by atoms with Crippen molar-refractivity contribution in [2.24, 2.45) is 0 Å². The number of ether oxygens (including phenoxy) is 1. The normalized spacial score (nSPS) is 10.8. The Bertz CT molecular complexity index is 146. The molecule has 84 valence electrons. The summed E-state index contributed by atoms with van der Waals surface area (Å²) in [5, 5.41) is 3.34. The van der Waals surface area contributed by atoms with Gasteiger partial charge < -0.3 is 10.1 Å². The molecule has 0 atom stereocenters. The van der Waals surface area contributed by atoms with Crippen molar-refractivity contribution in [2.45, 2.75) is 45.3 Å². The molecular formula is C11H25NOSi. The molecule has 2 nitrogen and oxygen atoms in total. The van der Waals surface area contributed by atoms with Crippen LogP contribution in [0.2, 0.25) is 6.04 Å². The van der Waals surface area contributed by atoms with Gasteiger partial charge in [-0.15, -0.1) is 0 Å². The lowest BCUT2D eigenvalue weighted by atomic mass is 10.2. The van der Waals surface area contributed by atoms with E-state index in [4.69, 9.17) is 4.74 Å². The number of rotatable bonds is 9. The second-order valence-electron chi connectivity index (χ2n) is 3.63. The molecule has 0 unspecified atom stereocenters. The molecule has 0 aliphatic carbocycles. The molecule has 0 radical (unpaired) electrons. The van der Waals surface area contributed by atoms with Gasteiger partial charge in [0.2, 0.25) is 0 Å². The molecule has 0 spiro atoms. The van der Waals surface area contributed by atoms with Crippen molar-refractivity contribution in [3.8, 4) is 0 Å². The van der Waals surface area contributed by atoms with Crippen molar-refractivity contribution in [2.75, 3.05) is 13.1 Å². The summed E-state index contributed by atoms with van der Waals surface area (Å²) in [5.41, 5.74) is 0. The highest BCUT2D eigenvalue weighted by molar-refractivity contribution is 6.08. The van der Waals surface area contributed by atoms with Crippen LogP contribution in [0.4, 0.5) is 0 Å². The minimum Gasteiger partial charge on any atom is -0.494 e. The highest BCUT2D eigenvalue weighted by Gasteiger charge is 2.04. The van der Waals surface area contributed by atoms with Gasteiger partial charge in [0.1, 0.15) is 5.76 Å². The van der Waals surface area contributed by atoms with E-state index in [-0.39, 0.29) is 0 Å². The van der Waals surface area contributed by atoms with E-state index in [1.807, 2.05) is 0 Å². The smallest absolute Gasteiger partial charge is 0.103 e. The highest BCUT2D eigenvalue weighted by Crippen LogP contribution is 2.07. The van der Waals surface area contributed by atoms with E-state index in [2.05, 4.69) is 25.7 Å². The topological polar surface area (TPSA) is 21.3 Å². The Morgan fingerprint density at radius 2 is 2.07 bits per heavy atom. The van der Waals surface area contributed by atoms with Crippen LogP contribution in [0.1, 0.15) is 33.1 Å². The number of nitrogens with one attached hydrogen (secondary N) is 1. The van der Waals surface area contributed by atoms with Crippen molar-refractivity contribution in [1.29, 1.82) is 0 Å². The average Bonchev–Trinajstić information content (AvgIpc) is 2.21. The van der Waals surface area contributed by atoms with Crippen molar-refractivity contribution >= 4 is 10.2 Å². The van der Waals surface area contributed by atoms with Crippen LogP contribution in [-0.2, 0) is 4.74 Å². The van der Waals surface area contributed by atoms with E-state index in [1.165, 1.54) is 22.7 Å². The van der Waals surface area contributed by atoms with Crippen LogP contribution in [0.5, 0.6) is 0 Å². The molecule has 0 aromatic carbocycles. The summed E-state index contributed by atoms with van der Waals surface area (Å²) in [6.07, 6.45) is 3.76. The molecule has 0 saturated carbocycles. The third-order valence-corrected chi connectivity index (χ3v) is 2.98. The Morgan fingerprint density at radius 1 is 1.43 bits per heavy atom. The predicted octanol–water partition coefficient (Wildman–Crippen LogP) is 1.47. The Hall–Kier alpha value is -0.283. The Balaban J connectivity index is 3.44. The first kappa shape index (κ1) is 13.7. The van der Waals surface area contributed by atoms with E-state index in [1.54, 1.807) is 0 Å². The van der Waals surface area contributed by atoms with Crippen LogP contribution in [-0.4, -0.2) is 29.4 Å². The van der Waals surface area contributed by atoms with Crippen molar-refractivity contribution < 1.29 is 4.74 Å². The fourth-order valence-corrected chi connectivity index (χ4v) is 1.62. The molecule has 0 aliphatic rings. The first-order valence-corrected chi connectivity index (χ1v) is 7.21. The average molecular weight is 215 g/mol.